The lowest BCUT2D eigenvalue weighted by Crippen LogP contribution is -2.31. The van der Waals surface area contributed by atoms with Gasteiger partial charge in [0, 0.05) is 37.8 Å². The summed E-state index contributed by atoms with van der Waals surface area (Å²) in [7, 11) is 1.66. The molecule has 0 atom stereocenters. The summed E-state index contributed by atoms with van der Waals surface area (Å²) in [6.45, 7) is 2.56. The van der Waals surface area contributed by atoms with E-state index in [1.807, 2.05) is 29.1 Å². The van der Waals surface area contributed by atoms with Crippen LogP contribution in [-0.4, -0.2) is 38.3 Å². The van der Waals surface area contributed by atoms with Crippen LogP contribution in [0.5, 0.6) is 5.88 Å². The highest BCUT2D eigenvalue weighted by Crippen LogP contribution is 2.25. The highest BCUT2D eigenvalue weighted by atomic mass is 16.5. The number of hydrogen-bond acceptors (Lipinski definition) is 5. The van der Waals surface area contributed by atoms with Crippen LogP contribution in [-0.2, 0) is 19.5 Å². The fraction of sp³-hybridized carbons (Fsp3) is 0.278. The fourth-order valence-electron chi connectivity index (χ4n) is 3.08. The van der Waals surface area contributed by atoms with Gasteiger partial charge in [0.25, 0.3) is 0 Å². The summed E-state index contributed by atoms with van der Waals surface area (Å²) in [5.41, 5.74) is 4.31. The van der Waals surface area contributed by atoms with E-state index >= 15 is 0 Å². The number of aromatic nitrogens is 4. The third kappa shape index (κ3) is 2.88. The van der Waals surface area contributed by atoms with Gasteiger partial charge < -0.3 is 4.74 Å². The van der Waals surface area contributed by atoms with E-state index in [4.69, 9.17) is 4.74 Å². The monoisotopic (exact) mass is 321 g/mol. The Balaban J connectivity index is 1.50. The number of ether oxygens (including phenoxy) is 1. The second-order valence-corrected chi connectivity index (χ2v) is 5.86. The number of methoxy groups -OCH3 is 1. The van der Waals surface area contributed by atoms with Crippen LogP contribution in [0, 0.1) is 0 Å². The second kappa shape index (κ2) is 6.41. The van der Waals surface area contributed by atoms with Crippen LogP contribution in [0.2, 0.25) is 0 Å². The number of rotatable bonds is 4. The van der Waals surface area contributed by atoms with Crippen molar-refractivity contribution in [3.63, 3.8) is 0 Å². The average molecular weight is 321 g/mol. The maximum atomic E-state index is 5.38. The Bertz CT molecular complexity index is 816. The summed E-state index contributed by atoms with van der Waals surface area (Å²) in [4.78, 5) is 10.9. The zero-order valence-electron chi connectivity index (χ0n) is 13.6. The number of fused-ring (bicyclic) bond motifs is 1. The van der Waals surface area contributed by atoms with Gasteiger partial charge in [-0.15, -0.1) is 0 Å². The van der Waals surface area contributed by atoms with Gasteiger partial charge >= 0.3 is 0 Å². The van der Waals surface area contributed by atoms with Crippen molar-refractivity contribution in [3.8, 4) is 11.6 Å². The fourth-order valence-corrected chi connectivity index (χ4v) is 3.08. The van der Waals surface area contributed by atoms with Crippen molar-refractivity contribution in [2.24, 2.45) is 0 Å². The first kappa shape index (κ1) is 14.8. The first-order chi connectivity index (χ1) is 11.8. The van der Waals surface area contributed by atoms with Gasteiger partial charge in [-0.2, -0.15) is 5.10 Å². The van der Waals surface area contributed by atoms with E-state index in [0.717, 1.165) is 48.7 Å². The van der Waals surface area contributed by atoms with E-state index in [2.05, 4.69) is 38.2 Å². The van der Waals surface area contributed by atoms with E-state index in [1.54, 1.807) is 13.4 Å². The Morgan fingerprint density at radius 1 is 1.12 bits per heavy atom. The minimum atomic E-state index is 0.680. The molecule has 0 spiro atoms. The second-order valence-electron chi connectivity index (χ2n) is 5.86. The molecule has 24 heavy (non-hydrogen) atoms. The Morgan fingerprint density at radius 3 is 2.83 bits per heavy atom. The molecule has 3 aromatic rings. The number of para-hydroxylation sites is 1. The molecular weight excluding hydrogens is 302 g/mol. The summed E-state index contributed by atoms with van der Waals surface area (Å²) in [6, 6.07) is 12.2. The van der Waals surface area contributed by atoms with Crippen LogP contribution in [0.25, 0.3) is 5.69 Å². The Hall–Kier alpha value is -2.73. The first-order valence-corrected chi connectivity index (χ1v) is 8.02. The molecule has 3 heterocycles. The minimum absolute atomic E-state index is 0.680. The molecular formula is C18H19N5O. The molecule has 0 bridgehead atoms. The minimum Gasteiger partial charge on any atom is -0.481 e. The molecule has 6 nitrogen and oxygen atoms in total. The van der Waals surface area contributed by atoms with Crippen molar-refractivity contribution in [1.82, 2.24) is 24.6 Å². The Kier molecular flexibility index (Phi) is 3.96. The van der Waals surface area contributed by atoms with Gasteiger partial charge in [0.2, 0.25) is 5.88 Å². The molecule has 0 saturated carbocycles. The normalized spacial score (nSPS) is 14.4. The molecule has 4 rings (SSSR count). The standard InChI is InChI=1S/C18H19N5O/c1-24-18-16-12-22(9-8-17(16)19-13-20-18)11-14-7-10-23(21-14)15-5-3-2-4-6-15/h2-7,10,13H,8-9,11-12H2,1H3. The van der Waals surface area contributed by atoms with E-state index in [9.17, 15) is 0 Å². The van der Waals surface area contributed by atoms with Crippen LogP contribution in [0.1, 0.15) is 17.0 Å². The van der Waals surface area contributed by atoms with Gasteiger partial charge in [0.05, 0.1) is 24.2 Å². The van der Waals surface area contributed by atoms with Crippen LogP contribution in [0.3, 0.4) is 0 Å². The lowest BCUT2D eigenvalue weighted by molar-refractivity contribution is 0.233. The number of nitrogens with zero attached hydrogens (tertiary/aromatic N) is 5. The predicted molar refractivity (Wildman–Crippen MR) is 90.0 cm³/mol. The molecule has 0 unspecified atom stereocenters. The largest absolute Gasteiger partial charge is 0.481 e. The predicted octanol–water partition coefficient (Wildman–Crippen LogP) is 2.23. The van der Waals surface area contributed by atoms with Gasteiger partial charge in [0.1, 0.15) is 6.33 Å². The molecule has 0 amide bonds. The van der Waals surface area contributed by atoms with Gasteiger partial charge in [0.15, 0.2) is 0 Å². The topological polar surface area (TPSA) is 56.1 Å². The van der Waals surface area contributed by atoms with Crippen molar-refractivity contribution in [2.75, 3.05) is 13.7 Å². The highest BCUT2D eigenvalue weighted by Gasteiger charge is 2.22. The molecule has 2 aromatic heterocycles. The first-order valence-electron chi connectivity index (χ1n) is 8.02. The van der Waals surface area contributed by atoms with Crippen LogP contribution < -0.4 is 4.74 Å². The van der Waals surface area contributed by atoms with Crippen LogP contribution >= 0.6 is 0 Å². The molecule has 1 aliphatic heterocycles. The lowest BCUT2D eigenvalue weighted by atomic mass is 10.1. The summed E-state index contributed by atoms with van der Waals surface area (Å²) < 4.78 is 7.29. The zero-order chi connectivity index (χ0) is 16.4. The van der Waals surface area contributed by atoms with Crippen molar-refractivity contribution < 1.29 is 4.74 Å². The Labute approximate surface area is 140 Å². The molecule has 6 heteroatoms. The summed E-state index contributed by atoms with van der Waals surface area (Å²) in [5, 5.41) is 4.69. The third-order valence-corrected chi connectivity index (χ3v) is 4.29. The van der Waals surface area contributed by atoms with Gasteiger partial charge in [-0.1, -0.05) is 18.2 Å². The molecule has 0 saturated heterocycles. The molecule has 122 valence electrons. The summed E-state index contributed by atoms with van der Waals surface area (Å²) in [5.74, 6) is 0.680. The number of benzene rings is 1. The van der Waals surface area contributed by atoms with Gasteiger partial charge in [-0.05, 0) is 18.2 Å². The average Bonchev–Trinajstić information content (AvgIpc) is 3.10. The molecule has 0 N–H and O–H groups in total. The van der Waals surface area contributed by atoms with Crippen molar-refractivity contribution >= 4 is 0 Å². The molecule has 1 aromatic carbocycles. The SMILES string of the molecule is COc1ncnc2c1CN(Cc1ccn(-c3ccccc3)n1)CC2. The van der Waals surface area contributed by atoms with Crippen molar-refractivity contribution in [3.05, 3.63) is 65.9 Å². The third-order valence-electron chi connectivity index (χ3n) is 4.29. The quantitative estimate of drug-likeness (QED) is 0.737. The van der Waals surface area contributed by atoms with E-state index in [-0.39, 0.29) is 0 Å². The van der Waals surface area contributed by atoms with Gasteiger partial charge in [-0.25, -0.2) is 14.6 Å². The molecule has 0 fully saturated rings. The Morgan fingerprint density at radius 2 is 2.00 bits per heavy atom. The lowest BCUT2D eigenvalue weighted by Gasteiger charge is -2.27. The number of hydrogen-bond donors (Lipinski definition) is 0. The van der Waals surface area contributed by atoms with E-state index in [1.165, 1.54) is 0 Å². The van der Waals surface area contributed by atoms with E-state index in [0.29, 0.717) is 5.88 Å². The highest BCUT2D eigenvalue weighted by molar-refractivity contribution is 5.32. The smallest absolute Gasteiger partial charge is 0.220 e. The molecule has 0 radical (unpaired) electrons. The maximum Gasteiger partial charge on any atom is 0.220 e. The van der Waals surface area contributed by atoms with Crippen LogP contribution in [0.15, 0.2) is 48.9 Å². The summed E-state index contributed by atoms with van der Waals surface area (Å²) in [6.07, 6.45) is 4.49. The summed E-state index contributed by atoms with van der Waals surface area (Å²) >= 11 is 0. The zero-order valence-corrected chi connectivity index (χ0v) is 13.6. The van der Waals surface area contributed by atoms with Gasteiger partial charge in [-0.3, -0.25) is 4.90 Å². The maximum absolute atomic E-state index is 5.38. The van der Waals surface area contributed by atoms with Crippen LogP contribution in [0.4, 0.5) is 0 Å². The molecule has 1 aliphatic rings. The van der Waals surface area contributed by atoms with E-state index < -0.39 is 0 Å². The van der Waals surface area contributed by atoms with Crippen molar-refractivity contribution in [1.29, 1.82) is 0 Å². The van der Waals surface area contributed by atoms with Crippen molar-refractivity contribution in [2.45, 2.75) is 19.5 Å². The molecule has 0 aliphatic carbocycles.